The summed E-state index contributed by atoms with van der Waals surface area (Å²) in [6, 6.07) is 13.8. The summed E-state index contributed by atoms with van der Waals surface area (Å²) in [4.78, 5) is 22.5. The van der Waals surface area contributed by atoms with Crippen molar-refractivity contribution in [2.45, 2.75) is 26.2 Å². The van der Waals surface area contributed by atoms with Crippen LogP contribution in [0.25, 0.3) is 6.08 Å². The summed E-state index contributed by atoms with van der Waals surface area (Å²) >= 11 is 0. The SMILES string of the molecule is CCC(C)c1ccc(C(=O)C=Cc2cccc([N+](=O)[O-])c2)cc1. The fraction of sp³-hybridized carbons (Fsp3) is 0.211. The van der Waals surface area contributed by atoms with Gasteiger partial charge in [-0.05, 0) is 29.5 Å². The highest BCUT2D eigenvalue weighted by Gasteiger charge is 2.07. The molecule has 0 amide bonds. The van der Waals surface area contributed by atoms with Crippen molar-refractivity contribution >= 4 is 17.5 Å². The minimum atomic E-state index is -0.452. The monoisotopic (exact) mass is 309 g/mol. The van der Waals surface area contributed by atoms with Crippen molar-refractivity contribution < 1.29 is 9.72 Å². The van der Waals surface area contributed by atoms with Gasteiger partial charge in [0.1, 0.15) is 0 Å². The molecule has 0 aromatic heterocycles. The second-order valence-electron chi connectivity index (χ2n) is 5.48. The normalized spacial score (nSPS) is 12.3. The Labute approximate surface area is 135 Å². The van der Waals surface area contributed by atoms with Crippen LogP contribution in [0.3, 0.4) is 0 Å². The number of benzene rings is 2. The van der Waals surface area contributed by atoms with Crippen LogP contribution in [0.5, 0.6) is 0 Å². The van der Waals surface area contributed by atoms with E-state index in [0.29, 0.717) is 17.0 Å². The van der Waals surface area contributed by atoms with Crippen LogP contribution in [0.2, 0.25) is 0 Å². The van der Waals surface area contributed by atoms with Gasteiger partial charge in [0, 0.05) is 17.7 Å². The van der Waals surface area contributed by atoms with Gasteiger partial charge in [-0.1, -0.05) is 56.3 Å². The second kappa shape index (κ2) is 7.49. The molecule has 0 bridgehead atoms. The van der Waals surface area contributed by atoms with Crippen molar-refractivity contribution in [2.75, 3.05) is 0 Å². The molecule has 0 fully saturated rings. The number of nitro benzene ring substituents is 1. The van der Waals surface area contributed by atoms with Gasteiger partial charge < -0.3 is 0 Å². The molecule has 2 aromatic rings. The molecule has 23 heavy (non-hydrogen) atoms. The van der Waals surface area contributed by atoms with Crippen LogP contribution >= 0.6 is 0 Å². The zero-order chi connectivity index (χ0) is 16.8. The van der Waals surface area contributed by atoms with E-state index in [1.165, 1.54) is 23.8 Å². The van der Waals surface area contributed by atoms with Crippen LogP contribution in [0, 0.1) is 10.1 Å². The molecule has 4 nitrogen and oxygen atoms in total. The number of ketones is 1. The molecule has 4 heteroatoms. The standard InChI is InChI=1S/C19H19NO3/c1-3-14(2)16-8-10-17(11-9-16)19(21)12-7-15-5-4-6-18(13-15)20(22)23/h4-14H,3H2,1-2H3. The van der Waals surface area contributed by atoms with E-state index >= 15 is 0 Å². The van der Waals surface area contributed by atoms with Crippen LogP contribution < -0.4 is 0 Å². The lowest BCUT2D eigenvalue weighted by Crippen LogP contribution is -1.96. The summed E-state index contributed by atoms with van der Waals surface area (Å²) in [5, 5.41) is 10.7. The zero-order valence-corrected chi connectivity index (χ0v) is 13.2. The Morgan fingerprint density at radius 2 is 1.91 bits per heavy atom. The predicted molar refractivity (Wildman–Crippen MR) is 91.6 cm³/mol. The molecule has 1 unspecified atom stereocenters. The highest BCUT2D eigenvalue weighted by Crippen LogP contribution is 2.19. The highest BCUT2D eigenvalue weighted by molar-refractivity contribution is 6.06. The minimum Gasteiger partial charge on any atom is -0.289 e. The van der Waals surface area contributed by atoms with Crippen LogP contribution in [-0.2, 0) is 0 Å². The van der Waals surface area contributed by atoms with E-state index in [-0.39, 0.29) is 11.5 Å². The largest absolute Gasteiger partial charge is 0.289 e. The van der Waals surface area contributed by atoms with Crippen molar-refractivity contribution in [3.05, 3.63) is 81.4 Å². The molecule has 0 saturated carbocycles. The molecule has 0 N–H and O–H groups in total. The first-order valence-electron chi connectivity index (χ1n) is 7.58. The van der Waals surface area contributed by atoms with E-state index in [1.54, 1.807) is 18.2 Å². The third-order valence-electron chi connectivity index (χ3n) is 3.88. The first-order chi connectivity index (χ1) is 11.0. The summed E-state index contributed by atoms with van der Waals surface area (Å²) in [7, 11) is 0. The number of hydrogen-bond donors (Lipinski definition) is 0. The summed E-state index contributed by atoms with van der Waals surface area (Å²) < 4.78 is 0. The van der Waals surface area contributed by atoms with Crippen molar-refractivity contribution in [2.24, 2.45) is 0 Å². The van der Waals surface area contributed by atoms with Crippen molar-refractivity contribution in [3.8, 4) is 0 Å². The molecule has 0 aliphatic rings. The molecule has 0 heterocycles. The summed E-state index contributed by atoms with van der Waals surface area (Å²) in [6.07, 6.45) is 4.09. The maximum Gasteiger partial charge on any atom is 0.270 e. The maximum atomic E-state index is 12.2. The summed E-state index contributed by atoms with van der Waals surface area (Å²) in [5.41, 5.74) is 2.46. The van der Waals surface area contributed by atoms with Gasteiger partial charge >= 0.3 is 0 Å². The van der Waals surface area contributed by atoms with Gasteiger partial charge in [-0.25, -0.2) is 0 Å². The Kier molecular flexibility index (Phi) is 5.41. The van der Waals surface area contributed by atoms with E-state index < -0.39 is 4.92 Å². The van der Waals surface area contributed by atoms with Gasteiger partial charge in [0.15, 0.2) is 5.78 Å². The average Bonchev–Trinajstić information content (AvgIpc) is 2.59. The first-order valence-corrected chi connectivity index (χ1v) is 7.58. The first kappa shape index (κ1) is 16.6. The lowest BCUT2D eigenvalue weighted by Gasteiger charge is -2.08. The molecule has 1 atom stereocenters. The van der Waals surface area contributed by atoms with Crippen LogP contribution in [0.1, 0.15) is 47.7 Å². The number of nitro groups is 1. The number of carbonyl (C=O) groups excluding carboxylic acids is 1. The molecular formula is C19H19NO3. The number of nitrogens with zero attached hydrogens (tertiary/aromatic N) is 1. The third-order valence-corrected chi connectivity index (χ3v) is 3.88. The lowest BCUT2D eigenvalue weighted by atomic mass is 9.97. The predicted octanol–water partition coefficient (Wildman–Crippen LogP) is 5.00. The van der Waals surface area contributed by atoms with Crippen LogP contribution in [0.15, 0.2) is 54.6 Å². The number of allylic oxidation sites excluding steroid dienone is 1. The van der Waals surface area contributed by atoms with E-state index in [9.17, 15) is 14.9 Å². The molecule has 0 radical (unpaired) electrons. The van der Waals surface area contributed by atoms with Crippen molar-refractivity contribution in [1.82, 2.24) is 0 Å². The van der Waals surface area contributed by atoms with Gasteiger partial charge in [-0.3, -0.25) is 14.9 Å². The summed E-state index contributed by atoms with van der Waals surface area (Å²) in [5.74, 6) is 0.353. The Balaban J connectivity index is 2.12. The molecule has 0 aliphatic heterocycles. The van der Waals surface area contributed by atoms with E-state index in [2.05, 4.69) is 13.8 Å². The number of carbonyl (C=O) groups is 1. The molecule has 0 spiro atoms. The number of hydrogen-bond acceptors (Lipinski definition) is 3. The highest BCUT2D eigenvalue weighted by atomic mass is 16.6. The van der Waals surface area contributed by atoms with Gasteiger partial charge in [-0.2, -0.15) is 0 Å². The van der Waals surface area contributed by atoms with E-state index in [0.717, 1.165) is 6.42 Å². The molecule has 0 saturated heterocycles. The number of rotatable bonds is 6. The molecule has 0 aliphatic carbocycles. The molecule has 118 valence electrons. The van der Waals surface area contributed by atoms with E-state index in [4.69, 9.17) is 0 Å². The Morgan fingerprint density at radius 1 is 1.22 bits per heavy atom. The van der Waals surface area contributed by atoms with Gasteiger partial charge in [0.05, 0.1) is 4.92 Å². The molecule has 2 aromatic carbocycles. The van der Waals surface area contributed by atoms with E-state index in [1.807, 2.05) is 24.3 Å². The third kappa shape index (κ3) is 4.36. The quantitative estimate of drug-likeness (QED) is 0.326. The zero-order valence-electron chi connectivity index (χ0n) is 13.2. The Hall–Kier alpha value is -2.75. The maximum absolute atomic E-state index is 12.2. The average molecular weight is 309 g/mol. The van der Waals surface area contributed by atoms with Gasteiger partial charge in [-0.15, -0.1) is 0 Å². The second-order valence-corrected chi connectivity index (χ2v) is 5.48. The fourth-order valence-corrected chi connectivity index (χ4v) is 2.22. The molecule has 2 rings (SSSR count). The minimum absolute atomic E-state index is 0.0116. The van der Waals surface area contributed by atoms with Gasteiger partial charge in [0.2, 0.25) is 0 Å². The fourth-order valence-electron chi connectivity index (χ4n) is 2.22. The van der Waals surface area contributed by atoms with Gasteiger partial charge in [0.25, 0.3) is 5.69 Å². The smallest absolute Gasteiger partial charge is 0.270 e. The summed E-state index contributed by atoms with van der Waals surface area (Å²) in [6.45, 7) is 4.28. The Bertz CT molecular complexity index is 733. The van der Waals surface area contributed by atoms with Crippen molar-refractivity contribution in [3.63, 3.8) is 0 Å². The van der Waals surface area contributed by atoms with Crippen molar-refractivity contribution in [1.29, 1.82) is 0 Å². The van der Waals surface area contributed by atoms with Crippen LogP contribution in [-0.4, -0.2) is 10.7 Å². The molecular weight excluding hydrogens is 290 g/mol. The lowest BCUT2D eigenvalue weighted by molar-refractivity contribution is -0.384. The topological polar surface area (TPSA) is 60.2 Å². The number of non-ortho nitro benzene ring substituents is 1. The Morgan fingerprint density at radius 3 is 2.52 bits per heavy atom. The van der Waals surface area contributed by atoms with Crippen LogP contribution in [0.4, 0.5) is 5.69 Å².